The van der Waals surface area contributed by atoms with Crippen LogP contribution in [0.1, 0.15) is 68.9 Å². The molecule has 1 fully saturated rings. The number of nitriles is 1. The molecule has 1 aromatic carbocycles. The van der Waals surface area contributed by atoms with Gasteiger partial charge in [0.1, 0.15) is 0 Å². The van der Waals surface area contributed by atoms with Gasteiger partial charge in [0.25, 0.3) is 0 Å². The fourth-order valence-electron chi connectivity index (χ4n) is 4.09. The van der Waals surface area contributed by atoms with Gasteiger partial charge in [-0.15, -0.1) is 4.99 Å². The lowest BCUT2D eigenvalue weighted by Crippen LogP contribution is -2.38. The Morgan fingerprint density at radius 1 is 1.18 bits per heavy atom. The molecular formula is C26H31N5O2. The molecule has 1 heterocycles. The van der Waals surface area contributed by atoms with Crippen molar-refractivity contribution in [1.82, 2.24) is 10.3 Å². The van der Waals surface area contributed by atoms with Crippen LogP contribution in [0.25, 0.3) is 5.57 Å². The zero-order valence-corrected chi connectivity index (χ0v) is 18.8. The van der Waals surface area contributed by atoms with Crippen molar-refractivity contribution < 1.29 is 9.90 Å². The number of aromatic nitrogens is 1. The molecule has 0 spiro atoms. The zero-order chi connectivity index (χ0) is 23.3. The maximum Gasteiger partial charge on any atom is 0.303 e. The predicted octanol–water partition coefficient (Wildman–Crippen LogP) is 5.33. The van der Waals surface area contributed by atoms with Crippen molar-refractivity contribution in [1.29, 1.82) is 5.26 Å². The quantitative estimate of drug-likeness (QED) is 0.167. The van der Waals surface area contributed by atoms with Gasteiger partial charge in [0, 0.05) is 36.1 Å². The van der Waals surface area contributed by atoms with Crippen molar-refractivity contribution in [2.75, 3.05) is 5.32 Å². The van der Waals surface area contributed by atoms with Gasteiger partial charge in [-0.05, 0) is 55.0 Å². The van der Waals surface area contributed by atoms with Gasteiger partial charge in [-0.3, -0.25) is 9.78 Å². The van der Waals surface area contributed by atoms with E-state index in [1.54, 1.807) is 12.4 Å². The summed E-state index contributed by atoms with van der Waals surface area (Å²) in [5, 5.41) is 24.8. The van der Waals surface area contributed by atoms with Gasteiger partial charge in [0.2, 0.25) is 12.2 Å². The number of benzene rings is 1. The lowest BCUT2D eigenvalue weighted by Gasteiger charge is -2.19. The summed E-state index contributed by atoms with van der Waals surface area (Å²) in [7, 11) is 0. The van der Waals surface area contributed by atoms with Crippen LogP contribution in [0, 0.1) is 11.5 Å². The van der Waals surface area contributed by atoms with E-state index in [4.69, 9.17) is 5.11 Å². The third-order valence-corrected chi connectivity index (χ3v) is 5.71. The lowest BCUT2D eigenvalue weighted by molar-refractivity contribution is -0.137. The van der Waals surface area contributed by atoms with E-state index in [1.165, 1.54) is 25.7 Å². The highest BCUT2D eigenvalue weighted by molar-refractivity contribution is 5.95. The molecule has 33 heavy (non-hydrogen) atoms. The molecule has 0 atom stereocenters. The van der Waals surface area contributed by atoms with Gasteiger partial charge in [-0.25, -0.2) is 0 Å². The van der Waals surface area contributed by atoms with Crippen LogP contribution in [0.3, 0.4) is 0 Å². The van der Waals surface area contributed by atoms with Crippen molar-refractivity contribution in [3.63, 3.8) is 0 Å². The molecule has 0 aliphatic heterocycles. The number of anilines is 1. The molecule has 1 saturated carbocycles. The van der Waals surface area contributed by atoms with E-state index in [2.05, 4.69) is 26.7 Å². The average Bonchev–Trinajstić information content (AvgIpc) is 3.08. The second-order valence-corrected chi connectivity index (χ2v) is 8.24. The first-order chi connectivity index (χ1) is 16.2. The van der Waals surface area contributed by atoms with E-state index in [0.717, 1.165) is 35.2 Å². The number of aliphatic carboxylic acids is 1. The largest absolute Gasteiger partial charge is 0.481 e. The average molecular weight is 446 g/mol. The summed E-state index contributed by atoms with van der Waals surface area (Å²) in [5.74, 6) is -0.321. The van der Waals surface area contributed by atoms with Crippen molar-refractivity contribution >= 4 is 23.2 Å². The van der Waals surface area contributed by atoms with E-state index in [9.17, 15) is 10.1 Å². The van der Waals surface area contributed by atoms with E-state index in [-0.39, 0.29) is 6.42 Å². The number of pyridine rings is 1. The molecule has 3 N–H and O–H groups in total. The highest BCUT2D eigenvalue weighted by Gasteiger charge is 2.14. The summed E-state index contributed by atoms with van der Waals surface area (Å²) >= 11 is 0. The fourth-order valence-corrected chi connectivity index (χ4v) is 4.09. The molecular weight excluding hydrogens is 414 g/mol. The van der Waals surface area contributed by atoms with Gasteiger partial charge in [0.15, 0.2) is 0 Å². The third-order valence-electron chi connectivity index (χ3n) is 5.71. The number of hydrogen-bond donors (Lipinski definition) is 3. The number of nitrogens with zero attached hydrogens (tertiary/aromatic N) is 3. The smallest absolute Gasteiger partial charge is 0.303 e. The van der Waals surface area contributed by atoms with Gasteiger partial charge < -0.3 is 15.7 Å². The molecule has 3 rings (SSSR count). The number of unbranched alkanes of at least 4 members (excludes halogenated alkanes) is 1. The van der Waals surface area contributed by atoms with E-state index in [0.29, 0.717) is 24.8 Å². The van der Waals surface area contributed by atoms with Crippen LogP contribution >= 0.6 is 0 Å². The number of rotatable bonds is 8. The standard InChI is InChI=1S/C26H31N5O2/c27-19-29-26(30-22-11-3-1-2-4-12-22)31-23-13-7-9-20(17-23)24(14-5-6-15-25(32)33)21-10-8-16-28-18-21/h7-10,13-14,16-18,22H,1-6,11-12,15H2,(H,32,33)(H2,29,30,31)/b24-14+. The summed E-state index contributed by atoms with van der Waals surface area (Å²) in [6.07, 6.45) is 15.9. The molecule has 0 bridgehead atoms. The minimum absolute atomic E-state index is 0.138. The van der Waals surface area contributed by atoms with Gasteiger partial charge >= 0.3 is 5.97 Å². The molecule has 1 aliphatic carbocycles. The normalized spacial score (nSPS) is 15.4. The predicted molar refractivity (Wildman–Crippen MR) is 131 cm³/mol. The van der Waals surface area contributed by atoms with Crippen molar-refractivity contribution in [3.8, 4) is 6.19 Å². The van der Waals surface area contributed by atoms with Crippen LogP contribution in [0.15, 0.2) is 59.9 Å². The first-order valence-electron chi connectivity index (χ1n) is 11.6. The molecule has 172 valence electrons. The monoisotopic (exact) mass is 445 g/mol. The Balaban J connectivity index is 1.79. The van der Waals surface area contributed by atoms with Gasteiger partial charge in [0.05, 0.1) is 0 Å². The van der Waals surface area contributed by atoms with Crippen LogP contribution in [0.5, 0.6) is 0 Å². The van der Waals surface area contributed by atoms with Gasteiger partial charge in [-0.1, -0.05) is 50.0 Å². The number of guanidine groups is 1. The molecule has 7 heteroatoms. The second kappa shape index (κ2) is 13.0. The molecule has 1 aliphatic rings. The van der Waals surface area contributed by atoms with Crippen LogP contribution in [-0.2, 0) is 4.79 Å². The van der Waals surface area contributed by atoms with E-state index < -0.39 is 5.97 Å². The Hall–Kier alpha value is -3.66. The number of aliphatic imine (C=N–C) groups is 1. The van der Waals surface area contributed by atoms with Crippen molar-refractivity contribution in [2.45, 2.75) is 63.8 Å². The molecule has 7 nitrogen and oxygen atoms in total. The number of carboxylic acid groups (broad SMARTS) is 1. The highest BCUT2D eigenvalue weighted by Crippen LogP contribution is 2.26. The minimum atomic E-state index is -0.789. The molecule has 0 amide bonds. The molecule has 2 aromatic rings. The van der Waals surface area contributed by atoms with Crippen molar-refractivity contribution in [3.05, 3.63) is 66.0 Å². The van der Waals surface area contributed by atoms with Crippen LogP contribution < -0.4 is 10.6 Å². The topological polar surface area (TPSA) is 110 Å². The van der Waals surface area contributed by atoms with E-state index >= 15 is 0 Å². The summed E-state index contributed by atoms with van der Waals surface area (Å²) in [6.45, 7) is 0. The SMILES string of the molecule is N#C/N=C(\Nc1cccc(/C(=C\CCCC(=O)O)c2cccnc2)c1)NC1CCCCCC1. The summed E-state index contributed by atoms with van der Waals surface area (Å²) in [6, 6.07) is 12.1. The van der Waals surface area contributed by atoms with E-state index in [1.807, 2.05) is 42.6 Å². The molecule has 0 unspecified atom stereocenters. The molecule has 0 radical (unpaired) electrons. The number of carboxylic acids is 1. The Morgan fingerprint density at radius 2 is 1.97 bits per heavy atom. The van der Waals surface area contributed by atoms with Crippen LogP contribution in [0.2, 0.25) is 0 Å². The minimum Gasteiger partial charge on any atom is -0.481 e. The first-order valence-corrected chi connectivity index (χ1v) is 11.6. The first kappa shape index (κ1) is 24.0. The zero-order valence-electron chi connectivity index (χ0n) is 18.8. The Kier molecular flexibility index (Phi) is 9.46. The number of carbonyl (C=O) groups is 1. The third kappa shape index (κ3) is 8.08. The van der Waals surface area contributed by atoms with Crippen LogP contribution in [0.4, 0.5) is 5.69 Å². The Morgan fingerprint density at radius 3 is 2.67 bits per heavy atom. The maximum atomic E-state index is 10.9. The highest BCUT2D eigenvalue weighted by atomic mass is 16.4. The summed E-state index contributed by atoms with van der Waals surface area (Å²) in [4.78, 5) is 19.1. The van der Waals surface area contributed by atoms with Crippen LogP contribution in [-0.4, -0.2) is 28.1 Å². The Bertz CT molecular complexity index is 1000. The van der Waals surface area contributed by atoms with Crippen molar-refractivity contribution in [2.24, 2.45) is 4.99 Å². The molecule has 0 saturated heterocycles. The second-order valence-electron chi connectivity index (χ2n) is 8.24. The Labute approximate surface area is 195 Å². The molecule has 1 aromatic heterocycles. The van der Waals surface area contributed by atoms with Gasteiger partial charge in [-0.2, -0.15) is 5.26 Å². The number of hydrogen-bond acceptors (Lipinski definition) is 4. The lowest BCUT2D eigenvalue weighted by atomic mass is 9.97. The fraction of sp³-hybridized carbons (Fsp3) is 0.385. The summed E-state index contributed by atoms with van der Waals surface area (Å²) < 4.78 is 0. The summed E-state index contributed by atoms with van der Waals surface area (Å²) in [5.41, 5.74) is 3.76. The maximum absolute atomic E-state index is 10.9. The number of nitrogens with one attached hydrogen (secondary N) is 2. The number of allylic oxidation sites excluding steroid dienone is 1.